The molecule has 2 rings (SSSR count). The van der Waals surface area contributed by atoms with Gasteiger partial charge in [0.25, 0.3) is 0 Å². The molecule has 0 saturated carbocycles. The summed E-state index contributed by atoms with van der Waals surface area (Å²) >= 11 is 0. The van der Waals surface area contributed by atoms with Gasteiger partial charge in [-0.1, -0.05) is 0 Å². The Morgan fingerprint density at radius 3 is 2.40 bits per heavy atom. The fourth-order valence-electron chi connectivity index (χ4n) is 1.98. The molecule has 0 aliphatic carbocycles. The van der Waals surface area contributed by atoms with Gasteiger partial charge in [0.15, 0.2) is 0 Å². The number of nitrogens with zero attached hydrogens (tertiary/aromatic N) is 2. The summed E-state index contributed by atoms with van der Waals surface area (Å²) in [5.41, 5.74) is 1.98. The van der Waals surface area contributed by atoms with Crippen molar-refractivity contribution >= 4 is 0 Å². The first-order valence-electron chi connectivity index (χ1n) is 6.54. The first kappa shape index (κ1) is 14.4. The quantitative estimate of drug-likeness (QED) is 0.876. The first-order chi connectivity index (χ1) is 9.58. The lowest BCUT2D eigenvalue weighted by Gasteiger charge is -2.13. The first-order valence-corrected chi connectivity index (χ1v) is 6.54. The van der Waals surface area contributed by atoms with Crippen molar-refractivity contribution in [2.75, 3.05) is 13.7 Å². The van der Waals surface area contributed by atoms with E-state index in [1.54, 1.807) is 11.8 Å². The molecule has 0 radical (unpaired) electrons. The van der Waals surface area contributed by atoms with E-state index in [2.05, 4.69) is 5.10 Å². The highest BCUT2D eigenvalue weighted by molar-refractivity contribution is 5.31. The summed E-state index contributed by atoms with van der Waals surface area (Å²) in [6.07, 6.45) is -0.602. The standard InChI is InChI=1S/C15H20N2O3/c1-11-8-12(2)17(16-11)9-13(18)10-20-15-6-4-14(19-3)5-7-15/h4-8,13,18H,9-10H2,1-3H3. The number of aliphatic hydroxyl groups is 1. The Bertz CT molecular complexity index is 549. The zero-order valence-electron chi connectivity index (χ0n) is 12.0. The highest BCUT2D eigenvalue weighted by atomic mass is 16.5. The van der Waals surface area contributed by atoms with Crippen molar-refractivity contribution in [3.63, 3.8) is 0 Å². The Kier molecular flexibility index (Phi) is 4.63. The van der Waals surface area contributed by atoms with Gasteiger partial charge in [-0.15, -0.1) is 0 Å². The number of aryl methyl sites for hydroxylation is 2. The summed E-state index contributed by atoms with van der Waals surface area (Å²) in [5.74, 6) is 1.48. The number of aliphatic hydroxyl groups excluding tert-OH is 1. The predicted octanol–water partition coefficient (Wildman–Crippen LogP) is 1.95. The van der Waals surface area contributed by atoms with Gasteiger partial charge in [-0.25, -0.2) is 0 Å². The fraction of sp³-hybridized carbons (Fsp3) is 0.400. The molecular weight excluding hydrogens is 256 g/mol. The zero-order chi connectivity index (χ0) is 14.5. The molecule has 0 aliphatic rings. The number of aromatic nitrogens is 2. The average Bonchev–Trinajstić information content (AvgIpc) is 2.75. The van der Waals surface area contributed by atoms with E-state index in [4.69, 9.17) is 9.47 Å². The molecule has 1 unspecified atom stereocenters. The summed E-state index contributed by atoms with van der Waals surface area (Å²) in [7, 11) is 1.62. The van der Waals surface area contributed by atoms with Gasteiger partial charge in [0.05, 0.1) is 19.3 Å². The normalized spacial score (nSPS) is 12.2. The van der Waals surface area contributed by atoms with E-state index in [0.29, 0.717) is 12.3 Å². The molecule has 1 aromatic heterocycles. The summed E-state index contributed by atoms with van der Waals surface area (Å²) in [4.78, 5) is 0. The maximum Gasteiger partial charge on any atom is 0.119 e. The molecule has 0 amide bonds. The molecule has 0 bridgehead atoms. The number of rotatable bonds is 6. The van der Waals surface area contributed by atoms with E-state index >= 15 is 0 Å². The molecule has 2 aromatic rings. The van der Waals surface area contributed by atoms with Crippen LogP contribution in [0.15, 0.2) is 30.3 Å². The molecule has 0 saturated heterocycles. The molecule has 0 fully saturated rings. The summed E-state index contributed by atoms with van der Waals surface area (Å²) in [5, 5.41) is 14.3. The lowest BCUT2D eigenvalue weighted by molar-refractivity contribution is 0.0887. The Morgan fingerprint density at radius 1 is 1.20 bits per heavy atom. The van der Waals surface area contributed by atoms with Crippen LogP contribution in [-0.4, -0.2) is 34.7 Å². The largest absolute Gasteiger partial charge is 0.497 e. The van der Waals surface area contributed by atoms with Crippen LogP contribution in [0.25, 0.3) is 0 Å². The van der Waals surface area contributed by atoms with Gasteiger partial charge in [0.2, 0.25) is 0 Å². The predicted molar refractivity (Wildman–Crippen MR) is 76.2 cm³/mol. The SMILES string of the molecule is COc1ccc(OCC(O)Cn2nc(C)cc2C)cc1. The summed E-state index contributed by atoms with van der Waals surface area (Å²) in [6, 6.07) is 9.26. The zero-order valence-corrected chi connectivity index (χ0v) is 12.0. The van der Waals surface area contributed by atoms with E-state index < -0.39 is 6.10 Å². The Hall–Kier alpha value is -2.01. The third kappa shape index (κ3) is 3.74. The van der Waals surface area contributed by atoms with Crippen LogP contribution in [0.4, 0.5) is 0 Å². The Labute approximate surface area is 118 Å². The van der Waals surface area contributed by atoms with Crippen LogP contribution in [0, 0.1) is 13.8 Å². The topological polar surface area (TPSA) is 56.5 Å². The molecule has 5 nitrogen and oxygen atoms in total. The van der Waals surface area contributed by atoms with Gasteiger partial charge in [-0.2, -0.15) is 5.10 Å². The molecule has 1 atom stereocenters. The highest BCUT2D eigenvalue weighted by Crippen LogP contribution is 2.17. The fourth-order valence-corrected chi connectivity index (χ4v) is 1.98. The number of ether oxygens (including phenoxy) is 2. The molecule has 0 aliphatic heterocycles. The van der Waals surface area contributed by atoms with E-state index in [1.165, 1.54) is 0 Å². The lowest BCUT2D eigenvalue weighted by atomic mass is 10.3. The van der Waals surface area contributed by atoms with E-state index in [-0.39, 0.29) is 6.61 Å². The molecular formula is C15H20N2O3. The van der Waals surface area contributed by atoms with Crippen molar-refractivity contribution in [1.82, 2.24) is 9.78 Å². The van der Waals surface area contributed by atoms with Crippen molar-refractivity contribution in [2.24, 2.45) is 0 Å². The lowest BCUT2D eigenvalue weighted by Crippen LogP contribution is -2.24. The van der Waals surface area contributed by atoms with Gasteiger partial charge in [-0.3, -0.25) is 4.68 Å². The van der Waals surface area contributed by atoms with Gasteiger partial charge in [0.1, 0.15) is 24.2 Å². The number of hydrogen-bond donors (Lipinski definition) is 1. The van der Waals surface area contributed by atoms with Crippen molar-refractivity contribution < 1.29 is 14.6 Å². The van der Waals surface area contributed by atoms with Crippen molar-refractivity contribution in [3.8, 4) is 11.5 Å². The van der Waals surface area contributed by atoms with Crippen LogP contribution in [0.1, 0.15) is 11.4 Å². The average molecular weight is 276 g/mol. The molecule has 5 heteroatoms. The Morgan fingerprint density at radius 2 is 1.85 bits per heavy atom. The minimum absolute atomic E-state index is 0.227. The molecule has 1 heterocycles. The van der Waals surface area contributed by atoms with Crippen LogP contribution in [-0.2, 0) is 6.54 Å². The van der Waals surface area contributed by atoms with Crippen LogP contribution in [0.3, 0.4) is 0 Å². The second kappa shape index (κ2) is 6.43. The van der Waals surface area contributed by atoms with Gasteiger partial charge < -0.3 is 14.6 Å². The molecule has 1 N–H and O–H groups in total. The van der Waals surface area contributed by atoms with E-state index in [1.807, 2.05) is 44.2 Å². The number of methoxy groups -OCH3 is 1. The maximum atomic E-state index is 9.99. The van der Waals surface area contributed by atoms with Crippen molar-refractivity contribution in [1.29, 1.82) is 0 Å². The third-order valence-electron chi connectivity index (χ3n) is 2.99. The van der Waals surface area contributed by atoms with Crippen LogP contribution >= 0.6 is 0 Å². The Balaban J connectivity index is 1.85. The third-order valence-corrected chi connectivity index (χ3v) is 2.99. The second-order valence-electron chi connectivity index (χ2n) is 4.75. The summed E-state index contributed by atoms with van der Waals surface area (Å²) in [6.45, 7) is 4.56. The van der Waals surface area contributed by atoms with Gasteiger partial charge in [-0.05, 0) is 44.2 Å². The van der Waals surface area contributed by atoms with Crippen LogP contribution in [0.5, 0.6) is 11.5 Å². The summed E-state index contributed by atoms with van der Waals surface area (Å²) < 4.78 is 12.4. The molecule has 1 aromatic carbocycles. The smallest absolute Gasteiger partial charge is 0.119 e. The number of benzene rings is 1. The second-order valence-corrected chi connectivity index (χ2v) is 4.75. The van der Waals surface area contributed by atoms with Crippen molar-refractivity contribution in [2.45, 2.75) is 26.5 Å². The molecule has 108 valence electrons. The maximum absolute atomic E-state index is 9.99. The minimum Gasteiger partial charge on any atom is -0.497 e. The van der Waals surface area contributed by atoms with E-state index in [9.17, 15) is 5.11 Å². The number of hydrogen-bond acceptors (Lipinski definition) is 4. The van der Waals surface area contributed by atoms with Crippen molar-refractivity contribution in [3.05, 3.63) is 41.7 Å². The minimum atomic E-state index is -0.602. The van der Waals surface area contributed by atoms with E-state index in [0.717, 1.165) is 17.1 Å². The molecule has 0 spiro atoms. The van der Waals surface area contributed by atoms with Gasteiger partial charge in [0, 0.05) is 5.69 Å². The van der Waals surface area contributed by atoms with Crippen LogP contribution < -0.4 is 9.47 Å². The molecule has 20 heavy (non-hydrogen) atoms. The van der Waals surface area contributed by atoms with Crippen LogP contribution in [0.2, 0.25) is 0 Å². The van der Waals surface area contributed by atoms with Gasteiger partial charge >= 0.3 is 0 Å². The monoisotopic (exact) mass is 276 g/mol. The highest BCUT2D eigenvalue weighted by Gasteiger charge is 2.09.